The van der Waals surface area contributed by atoms with Crippen LogP contribution in [0.5, 0.6) is 0 Å². The van der Waals surface area contributed by atoms with Gasteiger partial charge in [-0.2, -0.15) is 0 Å². The molecule has 5 nitrogen and oxygen atoms in total. The van der Waals surface area contributed by atoms with Crippen molar-refractivity contribution in [2.45, 2.75) is 44.6 Å². The van der Waals surface area contributed by atoms with Crippen LogP contribution >= 0.6 is 0 Å². The minimum Gasteiger partial charge on any atom is -0.353 e. The van der Waals surface area contributed by atoms with Crippen LogP contribution in [0.25, 0.3) is 0 Å². The number of hydrogen-bond donors (Lipinski definition) is 1. The molecule has 0 spiro atoms. The van der Waals surface area contributed by atoms with Crippen molar-refractivity contribution in [2.75, 3.05) is 6.54 Å². The lowest BCUT2D eigenvalue weighted by Crippen LogP contribution is -2.42. The number of carbonyl (C=O) groups is 1. The summed E-state index contributed by atoms with van der Waals surface area (Å²) in [6.07, 6.45) is 5.57. The van der Waals surface area contributed by atoms with Gasteiger partial charge in [-0.05, 0) is 31.6 Å². The van der Waals surface area contributed by atoms with Gasteiger partial charge >= 0.3 is 0 Å². The fourth-order valence-electron chi connectivity index (χ4n) is 2.62. The Morgan fingerprint density at radius 1 is 1.38 bits per heavy atom. The molecule has 5 heteroatoms. The Labute approximate surface area is 94.7 Å². The summed E-state index contributed by atoms with van der Waals surface area (Å²) in [5, 5.41) is 13.6. The highest BCUT2D eigenvalue weighted by molar-refractivity contribution is 5.76. The molecule has 0 bridgehead atoms. The summed E-state index contributed by atoms with van der Waals surface area (Å²) >= 11 is 0. The lowest BCUT2D eigenvalue weighted by atomic mass is 9.91. The fraction of sp³-hybridized carbons (Fsp3) is 0.909. The smallest absolute Gasteiger partial charge is 0.220 e. The van der Waals surface area contributed by atoms with E-state index in [1.807, 2.05) is 0 Å². The lowest BCUT2D eigenvalue weighted by molar-refractivity contribution is -0.489. The molecule has 0 aromatic carbocycles. The van der Waals surface area contributed by atoms with Gasteiger partial charge in [-0.1, -0.05) is 6.42 Å². The van der Waals surface area contributed by atoms with Gasteiger partial charge in [0.25, 0.3) is 0 Å². The van der Waals surface area contributed by atoms with Crippen molar-refractivity contribution < 1.29 is 9.72 Å². The second-order valence-electron chi connectivity index (χ2n) is 4.94. The molecule has 16 heavy (non-hydrogen) atoms. The summed E-state index contributed by atoms with van der Waals surface area (Å²) in [4.78, 5) is 21.9. The van der Waals surface area contributed by atoms with Gasteiger partial charge < -0.3 is 5.32 Å². The van der Waals surface area contributed by atoms with Crippen molar-refractivity contribution in [3.05, 3.63) is 10.1 Å². The summed E-state index contributed by atoms with van der Waals surface area (Å²) in [6.45, 7) is 0.00954. The molecule has 2 atom stereocenters. The third-order valence-electron chi connectivity index (χ3n) is 3.62. The Balaban J connectivity index is 1.99. The van der Waals surface area contributed by atoms with Crippen molar-refractivity contribution in [1.82, 2.24) is 5.32 Å². The highest BCUT2D eigenvalue weighted by atomic mass is 16.6. The standard InChI is InChI=1S/C11H18N2O3/c14-11-4-2-1-3-10(12-11)9(7-13(15)16)8-5-6-8/h8-10H,1-7H2,(H,12,14). The molecular weight excluding hydrogens is 208 g/mol. The third-order valence-corrected chi connectivity index (χ3v) is 3.62. The third kappa shape index (κ3) is 2.93. The first-order valence-corrected chi connectivity index (χ1v) is 6.08. The molecular formula is C11H18N2O3. The van der Waals surface area contributed by atoms with Gasteiger partial charge in [0.2, 0.25) is 12.5 Å². The first-order valence-electron chi connectivity index (χ1n) is 6.08. The van der Waals surface area contributed by atoms with Gasteiger partial charge in [0, 0.05) is 23.3 Å². The van der Waals surface area contributed by atoms with E-state index in [4.69, 9.17) is 0 Å². The van der Waals surface area contributed by atoms with Gasteiger partial charge in [-0.25, -0.2) is 0 Å². The first-order chi connectivity index (χ1) is 7.66. The molecule has 1 aliphatic carbocycles. The highest BCUT2D eigenvalue weighted by Crippen LogP contribution is 2.40. The Kier molecular flexibility index (Phi) is 3.41. The number of nitrogens with zero attached hydrogens (tertiary/aromatic N) is 1. The minimum atomic E-state index is -0.236. The monoisotopic (exact) mass is 226 g/mol. The quantitative estimate of drug-likeness (QED) is 0.581. The van der Waals surface area contributed by atoms with E-state index < -0.39 is 0 Å². The molecule has 2 unspecified atom stereocenters. The molecule has 2 aliphatic rings. The summed E-state index contributed by atoms with van der Waals surface area (Å²) < 4.78 is 0. The fourth-order valence-corrected chi connectivity index (χ4v) is 2.62. The summed E-state index contributed by atoms with van der Waals surface area (Å²) in [5.74, 6) is 0.586. The number of nitro groups is 1. The second-order valence-corrected chi connectivity index (χ2v) is 4.94. The van der Waals surface area contributed by atoms with Crippen LogP contribution in [0.15, 0.2) is 0 Å². The van der Waals surface area contributed by atoms with E-state index in [2.05, 4.69) is 5.32 Å². The van der Waals surface area contributed by atoms with Gasteiger partial charge in [-0.3, -0.25) is 14.9 Å². The molecule has 1 amide bonds. The maximum absolute atomic E-state index is 11.4. The molecule has 90 valence electrons. The van der Waals surface area contributed by atoms with Crippen molar-refractivity contribution in [3.63, 3.8) is 0 Å². The van der Waals surface area contributed by atoms with Crippen LogP contribution in [-0.2, 0) is 4.79 Å². The molecule has 1 saturated heterocycles. The van der Waals surface area contributed by atoms with Crippen LogP contribution in [-0.4, -0.2) is 23.4 Å². The predicted octanol–water partition coefficient (Wildman–Crippen LogP) is 1.35. The molecule has 2 fully saturated rings. The Morgan fingerprint density at radius 3 is 2.75 bits per heavy atom. The molecule has 0 aromatic rings. The van der Waals surface area contributed by atoms with E-state index in [1.54, 1.807) is 0 Å². The predicted molar refractivity (Wildman–Crippen MR) is 58.5 cm³/mol. The molecule has 1 heterocycles. The van der Waals surface area contributed by atoms with Crippen LogP contribution in [0, 0.1) is 22.0 Å². The van der Waals surface area contributed by atoms with Gasteiger partial charge in [-0.15, -0.1) is 0 Å². The van der Waals surface area contributed by atoms with Crippen molar-refractivity contribution in [2.24, 2.45) is 11.8 Å². The molecule has 0 aromatic heterocycles. The summed E-state index contributed by atoms with van der Waals surface area (Å²) in [6, 6.07) is 0.0351. The largest absolute Gasteiger partial charge is 0.353 e. The number of amides is 1. The number of hydrogen-bond acceptors (Lipinski definition) is 3. The normalized spacial score (nSPS) is 28.0. The Hall–Kier alpha value is -1.13. The van der Waals surface area contributed by atoms with Gasteiger partial charge in [0.1, 0.15) is 0 Å². The van der Waals surface area contributed by atoms with Gasteiger partial charge in [0.15, 0.2) is 0 Å². The zero-order chi connectivity index (χ0) is 11.5. The zero-order valence-electron chi connectivity index (χ0n) is 9.35. The minimum absolute atomic E-state index is 0.00954. The SMILES string of the molecule is O=C1CCCCC(C(C[N+](=O)[O-])C2CC2)N1. The molecule has 1 aliphatic heterocycles. The van der Waals surface area contributed by atoms with E-state index >= 15 is 0 Å². The number of carbonyl (C=O) groups excluding carboxylic acids is 1. The number of rotatable bonds is 4. The zero-order valence-corrected chi connectivity index (χ0v) is 9.35. The molecule has 1 N–H and O–H groups in total. The van der Waals surface area contributed by atoms with Crippen molar-refractivity contribution in [3.8, 4) is 0 Å². The topological polar surface area (TPSA) is 72.2 Å². The van der Waals surface area contributed by atoms with E-state index in [-0.39, 0.29) is 29.3 Å². The number of nitrogens with one attached hydrogen (secondary N) is 1. The van der Waals surface area contributed by atoms with E-state index in [1.165, 1.54) is 0 Å². The molecule has 2 rings (SSSR count). The van der Waals surface area contributed by atoms with E-state index in [0.717, 1.165) is 32.1 Å². The van der Waals surface area contributed by atoms with Gasteiger partial charge in [0.05, 0.1) is 0 Å². The van der Waals surface area contributed by atoms with Crippen LogP contribution < -0.4 is 5.32 Å². The average molecular weight is 226 g/mol. The summed E-state index contributed by atoms with van der Waals surface area (Å²) in [5.41, 5.74) is 0. The maximum Gasteiger partial charge on any atom is 0.220 e. The van der Waals surface area contributed by atoms with Crippen molar-refractivity contribution >= 4 is 5.91 Å². The van der Waals surface area contributed by atoms with Crippen LogP contribution in [0.4, 0.5) is 0 Å². The van der Waals surface area contributed by atoms with E-state index in [9.17, 15) is 14.9 Å². The first kappa shape index (κ1) is 11.4. The second kappa shape index (κ2) is 4.80. The highest BCUT2D eigenvalue weighted by Gasteiger charge is 2.40. The average Bonchev–Trinajstić information content (AvgIpc) is 3.00. The van der Waals surface area contributed by atoms with Crippen molar-refractivity contribution in [1.29, 1.82) is 0 Å². The molecule has 1 saturated carbocycles. The Morgan fingerprint density at radius 2 is 2.12 bits per heavy atom. The maximum atomic E-state index is 11.4. The van der Waals surface area contributed by atoms with Crippen LogP contribution in [0.2, 0.25) is 0 Å². The summed E-state index contributed by atoms with van der Waals surface area (Å²) in [7, 11) is 0. The van der Waals surface area contributed by atoms with Crippen LogP contribution in [0.1, 0.15) is 38.5 Å². The van der Waals surface area contributed by atoms with Crippen LogP contribution in [0.3, 0.4) is 0 Å². The lowest BCUT2D eigenvalue weighted by Gasteiger charge is -2.23. The van der Waals surface area contributed by atoms with E-state index in [0.29, 0.717) is 12.3 Å². The molecule has 0 radical (unpaired) electrons. The Bertz CT molecular complexity index is 289.